The Balaban J connectivity index is 1.86. The van der Waals surface area contributed by atoms with Crippen molar-refractivity contribution in [2.24, 2.45) is 0 Å². The predicted molar refractivity (Wildman–Crippen MR) is 113 cm³/mol. The van der Waals surface area contributed by atoms with Crippen LogP contribution >= 0.6 is 11.6 Å². The van der Waals surface area contributed by atoms with E-state index in [0.717, 1.165) is 28.7 Å². The normalized spacial score (nSPS) is 11.9. The Bertz CT molecular complexity index is 1010. The van der Waals surface area contributed by atoms with Gasteiger partial charge in [0, 0.05) is 36.4 Å². The number of fused-ring (bicyclic) bond motifs is 1. The van der Waals surface area contributed by atoms with Crippen LogP contribution in [0.2, 0.25) is 5.02 Å². The van der Waals surface area contributed by atoms with Gasteiger partial charge in [0.05, 0.1) is 11.1 Å². The molecule has 3 aromatic rings. The van der Waals surface area contributed by atoms with Crippen molar-refractivity contribution in [3.05, 3.63) is 65.1 Å². The van der Waals surface area contributed by atoms with Crippen molar-refractivity contribution >= 4 is 39.9 Å². The molecule has 1 aromatic heterocycles. The summed E-state index contributed by atoms with van der Waals surface area (Å²) in [6.45, 7) is 4.73. The molecule has 146 valence electrons. The van der Waals surface area contributed by atoms with Gasteiger partial charge in [-0.25, -0.2) is 14.2 Å². The molecule has 0 bridgehead atoms. The lowest BCUT2D eigenvalue weighted by atomic mass is 10.0. The molecule has 1 heterocycles. The number of halogens is 2. The Kier molecular flexibility index (Phi) is 5.99. The second-order valence-electron chi connectivity index (χ2n) is 6.48. The zero-order valence-corrected chi connectivity index (χ0v) is 16.7. The average molecular weight is 401 g/mol. The van der Waals surface area contributed by atoms with E-state index >= 15 is 0 Å². The number of hydrogen-bond donors (Lipinski definition) is 2. The van der Waals surface area contributed by atoms with Crippen LogP contribution in [0.5, 0.6) is 0 Å². The number of carbonyl (C=O) groups excluding carboxylic acids is 1. The molecule has 0 unspecified atom stereocenters. The summed E-state index contributed by atoms with van der Waals surface area (Å²) in [6.07, 6.45) is 1.80. The third-order valence-electron chi connectivity index (χ3n) is 4.69. The summed E-state index contributed by atoms with van der Waals surface area (Å²) in [6, 6.07) is 11.5. The zero-order valence-electron chi connectivity index (χ0n) is 16.0. The van der Waals surface area contributed by atoms with Gasteiger partial charge in [-0.15, -0.1) is 0 Å². The van der Waals surface area contributed by atoms with Crippen LogP contribution in [-0.4, -0.2) is 29.5 Å². The van der Waals surface area contributed by atoms with Crippen molar-refractivity contribution in [3.63, 3.8) is 0 Å². The summed E-state index contributed by atoms with van der Waals surface area (Å²) in [5.41, 5.74) is 1.37. The minimum Gasteiger partial charge on any atom is -0.370 e. The Morgan fingerprint density at radius 3 is 2.64 bits per heavy atom. The van der Waals surface area contributed by atoms with E-state index in [9.17, 15) is 9.18 Å². The first-order chi connectivity index (χ1) is 13.4. The number of benzene rings is 2. The van der Waals surface area contributed by atoms with Crippen molar-refractivity contribution in [1.82, 2.24) is 9.88 Å². The molecule has 0 aliphatic heterocycles. The molecule has 2 N–H and O–H groups in total. The van der Waals surface area contributed by atoms with E-state index in [2.05, 4.69) is 15.6 Å². The molecule has 0 fully saturated rings. The lowest BCUT2D eigenvalue weighted by Gasteiger charge is -2.27. The van der Waals surface area contributed by atoms with E-state index in [4.69, 9.17) is 11.6 Å². The Hall–Kier alpha value is -2.86. The molecule has 0 saturated heterocycles. The fourth-order valence-corrected chi connectivity index (χ4v) is 3.21. The molecule has 7 heteroatoms. The molecule has 3 rings (SSSR count). The SMILES string of the molecule is CCNc1ncc([C@@H](C)N(C)C(=O)Nc2ccc(F)c(Cl)c2)c2ccccc12. The van der Waals surface area contributed by atoms with Gasteiger partial charge in [0.1, 0.15) is 11.6 Å². The maximum absolute atomic E-state index is 13.3. The number of aromatic nitrogens is 1. The predicted octanol–water partition coefficient (Wildman–Crippen LogP) is 5.68. The Morgan fingerprint density at radius 2 is 1.96 bits per heavy atom. The van der Waals surface area contributed by atoms with Crippen molar-refractivity contribution < 1.29 is 9.18 Å². The summed E-state index contributed by atoms with van der Waals surface area (Å²) >= 11 is 5.79. The number of rotatable bonds is 5. The first-order valence-corrected chi connectivity index (χ1v) is 9.40. The van der Waals surface area contributed by atoms with Gasteiger partial charge in [0.25, 0.3) is 0 Å². The van der Waals surface area contributed by atoms with Gasteiger partial charge in [-0.05, 0) is 37.4 Å². The van der Waals surface area contributed by atoms with Crippen LogP contribution in [0.3, 0.4) is 0 Å². The summed E-state index contributed by atoms with van der Waals surface area (Å²) in [5.74, 6) is 0.293. The highest BCUT2D eigenvalue weighted by Crippen LogP contribution is 2.31. The number of anilines is 2. The number of carbonyl (C=O) groups is 1. The molecule has 0 aliphatic rings. The molecule has 2 aromatic carbocycles. The maximum Gasteiger partial charge on any atom is 0.322 e. The summed E-state index contributed by atoms with van der Waals surface area (Å²) in [5, 5.41) is 8.01. The van der Waals surface area contributed by atoms with Gasteiger partial charge in [-0.3, -0.25) is 0 Å². The molecule has 0 radical (unpaired) electrons. The van der Waals surface area contributed by atoms with Crippen LogP contribution in [0.4, 0.5) is 20.7 Å². The number of nitrogens with one attached hydrogen (secondary N) is 2. The number of pyridine rings is 1. The van der Waals surface area contributed by atoms with Crippen molar-refractivity contribution in [2.75, 3.05) is 24.2 Å². The molecular formula is C21H22ClFN4O. The molecule has 0 saturated carbocycles. The minimum atomic E-state index is -0.528. The molecule has 1 atom stereocenters. The lowest BCUT2D eigenvalue weighted by molar-refractivity contribution is 0.208. The highest BCUT2D eigenvalue weighted by molar-refractivity contribution is 6.31. The summed E-state index contributed by atoms with van der Waals surface area (Å²) < 4.78 is 13.3. The summed E-state index contributed by atoms with van der Waals surface area (Å²) in [4.78, 5) is 18.8. The van der Waals surface area contributed by atoms with Crippen molar-refractivity contribution in [3.8, 4) is 0 Å². The molecule has 5 nitrogen and oxygen atoms in total. The van der Waals surface area contributed by atoms with Crippen LogP contribution in [-0.2, 0) is 0 Å². The van der Waals surface area contributed by atoms with Gasteiger partial charge in [0.15, 0.2) is 0 Å². The standard InChI is InChI=1S/C21H22ClFN4O/c1-4-24-20-16-8-6-5-7-15(16)17(12-25-20)13(2)27(3)21(28)26-14-9-10-19(23)18(22)11-14/h5-13H,4H2,1-3H3,(H,24,25)(H,26,28)/t13-/m1/s1. The van der Waals surface area contributed by atoms with Crippen LogP contribution in [0.15, 0.2) is 48.7 Å². The fraction of sp³-hybridized carbons (Fsp3) is 0.238. The second kappa shape index (κ2) is 8.44. The van der Waals surface area contributed by atoms with Crippen molar-refractivity contribution in [2.45, 2.75) is 19.9 Å². The molecular weight excluding hydrogens is 379 g/mol. The van der Waals surface area contributed by atoms with Gasteiger partial charge in [0.2, 0.25) is 0 Å². The topological polar surface area (TPSA) is 57.3 Å². The van der Waals surface area contributed by atoms with E-state index in [1.165, 1.54) is 18.2 Å². The number of nitrogens with zero attached hydrogens (tertiary/aromatic N) is 2. The third-order valence-corrected chi connectivity index (χ3v) is 4.98. The third kappa shape index (κ3) is 4.02. The molecule has 0 spiro atoms. The average Bonchev–Trinajstić information content (AvgIpc) is 2.70. The van der Waals surface area contributed by atoms with E-state index in [0.29, 0.717) is 5.69 Å². The smallest absolute Gasteiger partial charge is 0.322 e. The monoisotopic (exact) mass is 400 g/mol. The molecule has 2 amide bonds. The maximum atomic E-state index is 13.3. The minimum absolute atomic E-state index is 0.0392. The number of amides is 2. The largest absolute Gasteiger partial charge is 0.370 e. The van der Waals surface area contributed by atoms with Gasteiger partial charge < -0.3 is 15.5 Å². The van der Waals surface area contributed by atoms with Gasteiger partial charge in [-0.1, -0.05) is 35.9 Å². The van der Waals surface area contributed by atoms with E-state index in [-0.39, 0.29) is 17.1 Å². The molecule has 0 aliphatic carbocycles. The van der Waals surface area contributed by atoms with Gasteiger partial charge >= 0.3 is 6.03 Å². The number of urea groups is 1. The van der Waals surface area contributed by atoms with Crippen LogP contribution < -0.4 is 10.6 Å². The highest BCUT2D eigenvalue weighted by Gasteiger charge is 2.21. The highest BCUT2D eigenvalue weighted by atomic mass is 35.5. The zero-order chi connectivity index (χ0) is 20.3. The first-order valence-electron chi connectivity index (χ1n) is 9.02. The van der Waals surface area contributed by atoms with Gasteiger partial charge in [-0.2, -0.15) is 0 Å². The quantitative estimate of drug-likeness (QED) is 0.578. The van der Waals surface area contributed by atoms with E-state index in [1.54, 1.807) is 18.1 Å². The Labute approximate surface area is 168 Å². The Morgan fingerprint density at radius 1 is 1.25 bits per heavy atom. The molecule has 28 heavy (non-hydrogen) atoms. The van der Waals surface area contributed by atoms with Crippen LogP contribution in [0.1, 0.15) is 25.5 Å². The lowest BCUT2D eigenvalue weighted by Crippen LogP contribution is -2.33. The summed E-state index contributed by atoms with van der Waals surface area (Å²) in [7, 11) is 1.71. The fourth-order valence-electron chi connectivity index (χ4n) is 3.03. The van der Waals surface area contributed by atoms with E-state index < -0.39 is 5.82 Å². The second-order valence-corrected chi connectivity index (χ2v) is 6.89. The van der Waals surface area contributed by atoms with Crippen LogP contribution in [0.25, 0.3) is 10.8 Å². The first kappa shape index (κ1) is 19.9. The number of hydrogen-bond acceptors (Lipinski definition) is 3. The van der Waals surface area contributed by atoms with Crippen molar-refractivity contribution in [1.29, 1.82) is 0 Å². The van der Waals surface area contributed by atoms with Crippen LogP contribution in [0, 0.1) is 5.82 Å². The van der Waals surface area contributed by atoms with E-state index in [1.807, 2.05) is 38.1 Å².